The van der Waals surface area contributed by atoms with Crippen molar-refractivity contribution in [1.82, 2.24) is 25.4 Å². The Morgan fingerprint density at radius 3 is 2.72 bits per heavy atom. The number of aromatic nitrogens is 3. The molecule has 2 aromatic heterocycles. The van der Waals surface area contributed by atoms with Gasteiger partial charge in [-0.1, -0.05) is 19.1 Å². The van der Waals surface area contributed by atoms with Crippen molar-refractivity contribution < 1.29 is 4.42 Å². The minimum atomic E-state index is 0. The Kier molecular flexibility index (Phi) is 11.1. The summed E-state index contributed by atoms with van der Waals surface area (Å²) in [6, 6.07) is 12.4. The number of likely N-dealkylation sites (N-methyl/N-ethyl adjacent to an activating group) is 1. The van der Waals surface area contributed by atoms with E-state index < -0.39 is 0 Å². The van der Waals surface area contributed by atoms with E-state index in [1.165, 1.54) is 11.3 Å². The van der Waals surface area contributed by atoms with Crippen LogP contribution in [0, 0.1) is 6.92 Å². The van der Waals surface area contributed by atoms with Gasteiger partial charge in [0.1, 0.15) is 24.5 Å². The van der Waals surface area contributed by atoms with Crippen LogP contribution in [-0.2, 0) is 19.5 Å². The molecule has 0 unspecified atom stereocenters. The van der Waals surface area contributed by atoms with Gasteiger partial charge in [-0.05, 0) is 43.7 Å². The van der Waals surface area contributed by atoms with Crippen LogP contribution in [0.25, 0.3) is 0 Å². The molecule has 9 heteroatoms. The summed E-state index contributed by atoms with van der Waals surface area (Å²) in [6.07, 6.45) is 4.31. The van der Waals surface area contributed by atoms with Crippen molar-refractivity contribution in [2.75, 3.05) is 31.1 Å². The monoisotopic (exact) mass is 551 g/mol. The van der Waals surface area contributed by atoms with Crippen molar-refractivity contribution in [1.29, 1.82) is 0 Å². The molecule has 8 nitrogen and oxygen atoms in total. The topological polar surface area (TPSA) is 83.5 Å². The number of aryl methyl sites for hydroxylation is 2. The highest BCUT2D eigenvalue weighted by Crippen LogP contribution is 2.15. The lowest BCUT2D eigenvalue weighted by molar-refractivity contribution is 0.511. The van der Waals surface area contributed by atoms with Crippen molar-refractivity contribution in [3.8, 4) is 0 Å². The van der Waals surface area contributed by atoms with Gasteiger partial charge in [0.25, 0.3) is 0 Å². The van der Waals surface area contributed by atoms with E-state index in [0.717, 1.165) is 56.7 Å². The van der Waals surface area contributed by atoms with Crippen LogP contribution in [0.5, 0.6) is 0 Å². The van der Waals surface area contributed by atoms with E-state index in [0.29, 0.717) is 6.54 Å². The quantitative estimate of drug-likeness (QED) is 0.215. The molecule has 0 amide bonds. The molecule has 0 bridgehead atoms. The molecule has 32 heavy (non-hydrogen) atoms. The van der Waals surface area contributed by atoms with Crippen LogP contribution in [0.1, 0.15) is 31.0 Å². The van der Waals surface area contributed by atoms with Gasteiger partial charge in [-0.15, -0.1) is 34.2 Å². The third-order valence-corrected chi connectivity index (χ3v) is 5.05. The number of rotatable bonds is 11. The fourth-order valence-electron chi connectivity index (χ4n) is 3.37. The second-order valence-electron chi connectivity index (χ2n) is 7.31. The SMILES string of the molecule is CCc1nncn1CCNC(=NCc1ccco1)NCCN(CC)c1cccc(C)c1.I. The molecular weight excluding hydrogens is 517 g/mol. The molecule has 0 spiro atoms. The molecule has 1 aromatic carbocycles. The van der Waals surface area contributed by atoms with Gasteiger partial charge in [0.05, 0.1) is 6.26 Å². The number of anilines is 1. The zero-order chi connectivity index (χ0) is 21.9. The van der Waals surface area contributed by atoms with E-state index in [-0.39, 0.29) is 24.0 Å². The van der Waals surface area contributed by atoms with Gasteiger partial charge in [0.2, 0.25) is 0 Å². The minimum Gasteiger partial charge on any atom is -0.467 e. The third-order valence-electron chi connectivity index (χ3n) is 5.05. The number of aliphatic imine (C=N–C) groups is 1. The Bertz CT molecular complexity index is 939. The fraction of sp³-hybridized carbons (Fsp3) is 0.435. The van der Waals surface area contributed by atoms with Crippen LogP contribution in [0.4, 0.5) is 5.69 Å². The summed E-state index contributed by atoms with van der Waals surface area (Å²) < 4.78 is 7.48. The van der Waals surface area contributed by atoms with Gasteiger partial charge in [0, 0.05) is 44.8 Å². The molecule has 0 aliphatic rings. The van der Waals surface area contributed by atoms with E-state index in [2.05, 4.69) is 80.3 Å². The largest absolute Gasteiger partial charge is 0.467 e. The normalized spacial score (nSPS) is 11.2. The van der Waals surface area contributed by atoms with Crippen molar-refractivity contribution >= 4 is 35.6 Å². The van der Waals surface area contributed by atoms with Crippen LogP contribution in [0.15, 0.2) is 58.4 Å². The van der Waals surface area contributed by atoms with Crippen LogP contribution in [0.3, 0.4) is 0 Å². The standard InChI is InChI=1S/C23H33N7O.HI/c1-4-22-28-27-18-30(22)14-12-25-23(26-17-21-10-7-15-31-21)24-11-13-29(5-2)20-9-6-8-19(3)16-20;/h6-10,15-16,18H,4-5,11-14,17H2,1-3H3,(H2,24,25,26);1H. The first-order chi connectivity index (χ1) is 15.2. The van der Waals surface area contributed by atoms with E-state index in [4.69, 9.17) is 4.42 Å². The second-order valence-corrected chi connectivity index (χ2v) is 7.31. The predicted octanol–water partition coefficient (Wildman–Crippen LogP) is 3.62. The molecule has 174 valence electrons. The maximum absolute atomic E-state index is 5.42. The fourth-order valence-corrected chi connectivity index (χ4v) is 3.37. The lowest BCUT2D eigenvalue weighted by atomic mass is 10.2. The zero-order valence-electron chi connectivity index (χ0n) is 19.1. The molecule has 0 saturated heterocycles. The molecule has 3 rings (SSSR count). The van der Waals surface area contributed by atoms with Crippen LogP contribution in [0.2, 0.25) is 0 Å². The van der Waals surface area contributed by atoms with Gasteiger partial charge in [0.15, 0.2) is 5.96 Å². The number of guanidine groups is 1. The average Bonchev–Trinajstić information content (AvgIpc) is 3.46. The zero-order valence-corrected chi connectivity index (χ0v) is 21.5. The van der Waals surface area contributed by atoms with Crippen LogP contribution in [-0.4, -0.2) is 46.9 Å². The Morgan fingerprint density at radius 1 is 1.16 bits per heavy atom. The van der Waals surface area contributed by atoms with Crippen molar-refractivity contribution in [2.24, 2.45) is 4.99 Å². The van der Waals surface area contributed by atoms with E-state index in [1.54, 1.807) is 12.6 Å². The highest BCUT2D eigenvalue weighted by atomic mass is 127. The van der Waals surface area contributed by atoms with Gasteiger partial charge in [-0.2, -0.15) is 0 Å². The lowest BCUT2D eigenvalue weighted by Crippen LogP contribution is -2.42. The van der Waals surface area contributed by atoms with Gasteiger partial charge in [-0.3, -0.25) is 0 Å². The summed E-state index contributed by atoms with van der Waals surface area (Å²) in [6.45, 7) is 11.0. The molecule has 0 saturated carbocycles. The highest BCUT2D eigenvalue weighted by molar-refractivity contribution is 14.0. The summed E-state index contributed by atoms with van der Waals surface area (Å²) in [5, 5.41) is 15.0. The maximum atomic E-state index is 5.42. The number of benzene rings is 1. The Morgan fingerprint density at radius 2 is 2.00 bits per heavy atom. The molecule has 2 heterocycles. The van der Waals surface area contributed by atoms with Gasteiger partial charge < -0.3 is 24.5 Å². The number of nitrogens with one attached hydrogen (secondary N) is 2. The summed E-state index contributed by atoms with van der Waals surface area (Å²) in [7, 11) is 0. The van der Waals surface area contributed by atoms with Crippen LogP contribution >= 0.6 is 24.0 Å². The number of hydrogen-bond donors (Lipinski definition) is 2. The van der Waals surface area contributed by atoms with E-state index in [9.17, 15) is 0 Å². The van der Waals surface area contributed by atoms with Crippen molar-refractivity contribution in [3.05, 3.63) is 66.1 Å². The average molecular weight is 551 g/mol. The Balaban J connectivity index is 0.00000363. The van der Waals surface area contributed by atoms with Crippen molar-refractivity contribution in [3.63, 3.8) is 0 Å². The highest BCUT2D eigenvalue weighted by Gasteiger charge is 2.07. The molecule has 0 fully saturated rings. The smallest absolute Gasteiger partial charge is 0.191 e. The van der Waals surface area contributed by atoms with Gasteiger partial charge >= 0.3 is 0 Å². The number of furan rings is 1. The molecule has 0 aliphatic heterocycles. The minimum absolute atomic E-state index is 0. The van der Waals surface area contributed by atoms with Gasteiger partial charge in [-0.25, -0.2) is 4.99 Å². The lowest BCUT2D eigenvalue weighted by Gasteiger charge is -2.24. The molecule has 3 aromatic rings. The maximum Gasteiger partial charge on any atom is 0.191 e. The number of hydrogen-bond acceptors (Lipinski definition) is 5. The Hall–Kier alpha value is -2.56. The summed E-state index contributed by atoms with van der Waals surface area (Å²) in [5.74, 6) is 2.59. The molecular formula is C23H34IN7O. The van der Waals surface area contributed by atoms with Crippen molar-refractivity contribution in [2.45, 2.75) is 40.3 Å². The first kappa shape index (κ1) is 25.7. The van der Waals surface area contributed by atoms with E-state index in [1.807, 2.05) is 12.1 Å². The molecule has 2 N–H and O–H groups in total. The molecule has 0 radical (unpaired) electrons. The second kappa shape index (κ2) is 13.8. The first-order valence-electron chi connectivity index (χ1n) is 10.9. The first-order valence-corrected chi connectivity index (χ1v) is 10.9. The summed E-state index contributed by atoms with van der Waals surface area (Å²) >= 11 is 0. The molecule has 0 atom stereocenters. The van der Waals surface area contributed by atoms with Crippen LogP contribution < -0.4 is 15.5 Å². The number of halogens is 1. The summed E-state index contributed by atoms with van der Waals surface area (Å²) in [5.41, 5.74) is 2.51. The Labute approximate surface area is 207 Å². The summed E-state index contributed by atoms with van der Waals surface area (Å²) in [4.78, 5) is 7.03. The predicted molar refractivity (Wildman–Crippen MR) is 140 cm³/mol. The number of nitrogens with zero attached hydrogens (tertiary/aromatic N) is 5. The molecule has 0 aliphatic carbocycles. The van der Waals surface area contributed by atoms with E-state index >= 15 is 0 Å². The third kappa shape index (κ3) is 7.85.